The van der Waals surface area contributed by atoms with Crippen molar-refractivity contribution >= 4 is 27.5 Å². The van der Waals surface area contributed by atoms with Gasteiger partial charge in [-0.05, 0) is 73.4 Å². The van der Waals surface area contributed by atoms with Crippen LogP contribution in [0, 0.1) is 0 Å². The van der Waals surface area contributed by atoms with Crippen LogP contribution < -0.4 is 19.1 Å². The number of hydrogen-bond acceptors (Lipinski definition) is 6. The van der Waals surface area contributed by atoms with Crippen molar-refractivity contribution in [3.05, 3.63) is 84.4 Å². The molecule has 2 amide bonds. The summed E-state index contributed by atoms with van der Waals surface area (Å²) < 4.78 is 38.2. The van der Waals surface area contributed by atoms with Crippen LogP contribution in [0.3, 0.4) is 0 Å². The highest BCUT2D eigenvalue weighted by Gasteiger charge is 2.33. The third-order valence-electron chi connectivity index (χ3n) is 7.61. The number of benzene rings is 3. The highest BCUT2D eigenvalue weighted by atomic mass is 32.2. The van der Waals surface area contributed by atoms with Crippen LogP contribution >= 0.6 is 0 Å². The van der Waals surface area contributed by atoms with Crippen LogP contribution in [0.4, 0.5) is 5.69 Å². The molecule has 3 aromatic rings. The van der Waals surface area contributed by atoms with Crippen LogP contribution in [0.15, 0.2) is 78.9 Å². The first kappa shape index (κ1) is 31.9. The molecule has 1 atom stereocenters. The van der Waals surface area contributed by atoms with Crippen LogP contribution in [0.25, 0.3) is 0 Å². The first-order valence-electron chi connectivity index (χ1n) is 14.7. The SMILES string of the molecule is CC[C@H](C(=O)NC1CCCCC1)N(Cc1cccc(OC)c1)C(=O)CN(c1ccc(Oc2ccccc2)cc1)S(C)(=O)=O. The number of para-hydroxylation sites is 1. The molecule has 4 rings (SSSR count). The number of sulfonamides is 1. The van der Waals surface area contributed by atoms with Gasteiger partial charge in [-0.1, -0.05) is 56.5 Å². The predicted molar refractivity (Wildman–Crippen MR) is 168 cm³/mol. The third kappa shape index (κ3) is 8.97. The van der Waals surface area contributed by atoms with Crippen molar-refractivity contribution in [3.8, 4) is 17.2 Å². The number of nitrogens with zero attached hydrogens (tertiary/aromatic N) is 2. The largest absolute Gasteiger partial charge is 0.497 e. The number of hydrogen-bond donors (Lipinski definition) is 1. The zero-order valence-electron chi connectivity index (χ0n) is 25.1. The second-order valence-electron chi connectivity index (χ2n) is 10.8. The van der Waals surface area contributed by atoms with Crippen molar-refractivity contribution in [2.45, 2.75) is 64.1 Å². The predicted octanol–water partition coefficient (Wildman–Crippen LogP) is 5.51. The smallest absolute Gasteiger partial charge is 0.244 e. The molecule has 9 nitrogen and oxygen atoms in total. The number of nitrogens with one attached hydrogen (secondary N) is 1. The minimum Gasteiger partial charge on any atom is -0.497 e. The first-order valence-corrected chi connectivity index (χ1v) is 16.6. The van der Waals surface area contributed by atoms with E-state index in [1.165, 1.54) is 4.90 Å². The number of carbonyl (C=O) groups is 2. The molecule has 1 aliphatic carbocycles. The molecule has 0 spiro atoms. The van der Waals surface area contributed by atoms with Gasteiger partial charge in [0.25, 0.3) is 0 Å². The van der Waals surface area contributed by atoms with Crippen LogP contribution in [0.5, 0.6) is 17.2 Å². The molecule has 1 aliphatic rings. The number of ether oxygens (including phenoxy) is 2. The molecule has 0 unspecified atom stereocenters. The Labute approximate surface area is 254 Å². The fourth-order valence-corrected chi connectivity index (χ4v) is 6.20. The standard InChI is InChI=1S/C33H41N3O6S/c1-4-31(33(38)34-26-13-7-5-8-14-26)35(23-25-12-11-17-30(22-25)41-2)32(37)24-36(43(3,39)40)27-18-20-29(21-19-27)42-28-15-9-6-10-16-28/h6,9-12,15-22,26,31H,4-5,7-8,13-14,23-24H2,1-3H3,(H,34,38)/t31-/m1/s1. The molecular weight excluding hydrogens is 566 g/mol. The van der Waals surface area contributed by atoms with Gasteiger partial charge in [0, 0.05) is 12.6 Å². The minimum atomic E-state index is -3.85. The number of carbonyl (C=O) groups excluding carboxylic acids is 2. The van der Waals surface area contributed by atoms with Crippen molar-refractivity contribution in [1.82, 2.24) is 10.2 Å². The van der Waals surface area contributed by atoms with Gasteiger partial charge in [-0.25, -0.2) is 8.42 Å². The van der Waals surface area contributed by atoms with Gasteiger partial charge in [0.2, 0.25) is 21.8 Å². The van der Waals surface area contributed by atoms with E-state index in [1.54, 1.807) is 37.4 Å². The molecular formula is C33H41N3O6S. The van der Waals surface area contributed by atoms with Crippen molar-refractivity contribution in [3.63, 3.8) is 0 Å². The zero-order valence-corrected chi connectivity index (χ0v) is 25.9. The van der Waals surface area contributed by atoms with Crippen molar-refractivity contribution in [1.29, 1.82) is 0 Å². The summed E-state index contributed by atoms with van der Waals surface area (Å²) in [7, 11) is -2.29. The summed E-state index contributed by atoms with van der Waals surface area (Å²) >= 11 is 0. The zero-order chi connectivity index (χ0) is 30.8. The Kier molecular flexibility index (Phi) is 11.1. The second-order valence-corrected chi connectivity index (χ2v) is 12.7. The van der Waals surface area contributed by atoms with Crippen LogP contribution in [-0.2, 0) is 26.2 Å². The molecule has 0 saturated heterocycles. The third-order valence-corrected chi connectivity index (χ3v) is 8.75. The quantitative estimate of drug-likeness (QED) is 0.275. The van der Waals surface area contributed by atoms with Crippen molar-refractivity contribution in [2.75, 3.05) is 24.2 Å². The van der Waals surface area contributed by atoms with Crippen molar-refractivity contribution < 1.29 is 27.5 Å². The summed E-state index contributed by atoms with van der Waals surface area (Å²) in [5.41, 5.74) is 1.09. The van der Waals surface area contributed by atoms with Gasteiger partial charge in [0.05, 0.1) is 19.1 Å². The maximum absolute atomic E-state index is 14.0. The Hall–Kier alpha value is -4.05. The maximum Gasteiger partial charge on any atom is 0.244 e. The Balaban J connectivity index is 1.59. The van der Waals surface area contributed by atoms with E-state index in [0.717, 1.165) is 48.2 Å². The number of rotatable bonds is 13. The molecule has 230 valence electrons. The summed E-state index contributed by atoms with van der Waals surface area (Å²) in [6, 6.07) is 22.4. The van der Waals surface area contributed by atoms with Crippen LogP contribution in [-0.4, -0.2) is 57.1 Å². The molecule has 43 heavy (non-hydrogen) atoms. The van der Waals surface area contributed by atoms with E-state index in [2.05, 4.69) is 5.32 Å². The highest BCUT2D eigenvalue weighted by Crippen LogP contribution is 2.26. The monoisotopic (exact) mass is 607 g/mol. The molecule has 3 aromatic carbocycles. The first-order chi connectivity index (χ1) is 20.7. The second kappa shape index (κ2) is 14.9. The molecule has 1 saturated carbocycles. The molecule has 10 heteroatoms. The minimum absolute atomic E-state index is 0.0770. The van der Waals surface area contributed by atoms with Gasteiger partial charge < -0.3 is 19.7 Å². The highest BCUT2D eigenvalue weighted by molar-refractivity contribution is 7.92. The van der Waals surface area contributed by atoms with Gasteiger partial charge in [-0.3, -0.25) is 13.9 Å². The molecule has 0 heterocycles. The summed E-state index contributed by atoms with van der Waals surface area (Å²) in [6.45, 7) is 1.51. The van der Waals surface area contributed by atoms with E-state index in [9.17, 15) is 18.0 Å². The maximum atomic E-state index is 14.0. The summed E-state index contributed by atoms with van der Waals surface area (Å²) in [6.07, 6.45) is 6.55. The summed E-state index contributed by atoms with van der Waals surface area (Å²) in [5.74, 6) is 1.10. The number of methoxy groups -OCH3 is 1. The Morgan fingerprint density at radius 1 is 0.907 bits per heavy atom. The summed E-state index contributed by atoms with van der Waals surface area (Å²) in [4.78, 5) is 29.1. The van der Waals surface area contributed by atoms with Gasteiger partial charge in [0.15, 0.2) is 0 Å². The van der Waals surface area contributed by atoms with E-state index < -0.39 is 28.5 Å². The lowest BCUT2D eigenvalue weighted by atomic mass is 9.95. The van der Waals surface area contributed by atoms with E-state index >= 15 is 0 Å². The van der Waals surface area contributed by atoms with E-state index in [0.29, 0.717) is 29.4 Å². The van der Waals surface area contributed by atoms with E-state index in [4.69, 9.17) is 9.47 Å². The number of amides is 2. The van der Waals surface area contributed by atoms with E-state index in [-0.39, 0.29) is 18.5 Å². The molecule has 0 radical (unpaired) electrons. The van der Waals surface area contributed by atoms with Gasteiger partial charge in [-0.15, -0.1) is 0 Å². The molecule has 1 fully saturated rings. The lowest BCUT2D eigenvalue weighted by molar-refractivity contribution is -0.140. The Morgan fingerprint density at radius 3 is 2.19 bits per heavy atom. The summed E-state index contributed by atoms with van der Waals surface area (Å²) in [5, 5.41) is 3.15. The fourth-order valence-electron chi connectivity index (χ4n) is 5.35. The molecule has 1 N–H and O–H groups in total. The lowest BCUT2D eigenvalue weighted by Gasteiger charge is -2.34. The lowest BCUT2D eigenvalue weighted by Crippen LogP contribution is -2.53. The van der Waals surface area contributed by atoms with Gasteiger partial charge >= 0.3 is 0 Å². The molecule has 0 aromatic heterocycles. The van der Waals surface area contributed by atoms with E-state index in [1.807, 2.05) is 55.5 Å². The van der Waals surface area contributed by atoms with Crippen LogP contribution in [0.2, 0.25) is 0 Å². The van der Waals surface area contributed by atoms with Gasteiger partial charge in [-0.2, -0.15) is 0 Å². The average molecular weight is 608 g/mol. The van der Waals surface area contributed by atoms with Crippen molar-refractivity contribution in [2.24, 2.45) is 0 Å². The number of anilines is 1. The van der Waals surface area contributed by atoms with Gasteiger partial charge in [0.1, 0.15) is 29.8 Å². The fraction of sp³-hybridized carbons (Fsp3) is 0.394. The molecule has 0 aliphatic heterocycles. The topological polar surface area (TPSA) is 105 Å². The average Bonchev–Trinajstić information content (AvgIpc) is 3.00. The normalized spacial score (nSPS) is 14.4. The van der Waals surface area contributed by atoms with Crippen LogP contribution in [0.1, 0.15) is 51.0 Å². The Morgan fingerprint density at radius 2 is 1.56 bits per heavy atom. The Bertz CT molecular complexity index is 1460. The molecule has 0 bridgehead atoms.